The van der Waals surface area contributed by atoms with Crippen molar-refractivity contribution >= 4 is 34.2 Å². The lowest BCUT2D eigenvalue weighted by atomic mass is 10.1. The second-order valence-corrected chi connectivity index (χ2v) is 6.35. The number of hydrogen-bond donors (Lipinski definition) is 1. The number of benzene rings is 1. The van der Waals surface area contributed by atoms with Gasteiger partial charge < -0.3 is 10.6 Å². The molecule has 4 nitrogen and oxygen atoms in total. The van der Waals surface area contributed by atoms with Gasteiger partial charge in [-0.05, 0) is 24.1 Å². The Hall–Kier alpha value is -1.70. The van der Waals surface area contributed by atoms with Crippen molar-refractivity contribution in [2.75, 3.05) is 22.9 Å². The van der Waals surface area contributed by atoms with Crippen LogP contribution in [0.5, 0.6) is 0 Å². The van der Waals surface area contributed by atoms with Crippen LogP contribution in [-0.4, -0.2) is 23.3 Å². The van der Waals surface area contributed by atoms with Crippen LogP contribution in [0.1, 0.15) is 18.9 Å². The second-order valence-electron chi connectivity index (χ2n) is 5.15. The van der Waals surface area contributed by atoms with E-state index >= 15 is 0 Å². The van der Waals surface area contributed by atoms with E-state index in [2.05, 4.69) is 0 Å². The average molecular weight is 332 g/mol. The Labute approximate surface area is 129 Å². The number of carbonyl (C=O) groups excluding carboxylic acids is 2. The molecule has 0 aromatic heterocycles. The predicted molar refractivity (Wildman–Crippen MR) is 79.5 cm³/mol. The average Bonchev–Trinajstić information content (AvgIpc) is 2.76. The molecular weight excluding hydrogens is 317 g/mol. The molecule has 1 fully saturated rings. The summed E-state index contributed by atoms with van der Waals surface area (Å²) >= 11 is 1.14. The minimum atomic E-state index is -4.47. The summed E-state index contributed by atoms with van der Waals surface area (Å²) in [6, 6.07) is 2.97. The number of rotatable bonds is 3. The van der Waals surface area contributed by atoms with Gasteiger partial charge in [-0.2, -0.15) is 13.2 Å². The Morgan fingerprint density at radius 1 is 1.45 bits per heavy atom. The van der Waals surface area contributed by atoms with E-state index in [1.807, 2.05) is 0 Å². The maximum Gasteiger partial charge on any atom is 0.416 e. The fourth-order valence-electron chi connectivity index (χ4n) is 2.34. The number of halogens is 3. The normalized spacial score (nSPS) is 18.8. The minimum Gasteiger partial charge on any atom is -0.397 e. The molecule has 1 unspecified atom stereocenters. The SMILES string of the molecule is CC(=O)SCC1CC(=O)N(c2ccc(C(F)(F)F)cc2N)C1. The van der Waals surface area contributed by atoms with Gasteiger partial charge in [-0.3, -0.25) is 9.59 Å². The Balaban J connectivity index is 2.15. The lowest BCUT2D eigenvalue weighted by Gasteiger charge is -2.20. The minimum absolute atomic E-state index is 0.0110. The van der Waals surface area contributed by atoms with Crippen LogP contribution >= 0.6 is 11.8 Å². The van der Waals surface area contributed by atoms with Crippen LogP contribution in [0.15, 0.2) is 18.2 Å². The van der Waals surface area contributed by atoms with Gasteiger partial charge in [0.2, 0.25) is 5.91 Å². The quantitative estimate of drug-likeness (QED) is 0.865. The zero-order chi connectivity index (χ0) is 16.5. The summed E-state index contributed by atoms with van der Waals surface area (Å²) in [6.07, 6.45) is -4.21. The van der Waals surface area contributed by atoms with Crippen molar-refractivity contribution in [1.82, 2.24) is 0 Å². The van der Waals surface area contributed by atoms with Crippen LogP contribution < -0.4 is 10.6 Å². The fourth-order valence-corrected chi connectivity index (χ4v) is 3.03. The summed E-state index contributed by atoms with van der Waals surface area (Å²) in [7, 11) is 0. The van der Waals surface area contributed by atoms with Crippen LogP contribution in [-0.2, 0) is 15.8 Å². The molecule has 8 heteroatoms. The number of amides is 1. The van der Waals surface area contributed by atoms with Gasteiger partial charge in [0.1, 0.15) is 0 Å². The number of anilines is 2. The maximum absolute atomic E-state index is 12.6. The zero-order valence-electron chi connectivity index (χ0n) is 11.8. The number of hydrogen-bond acceptors (Lipinski definition) is 4. The van der Waals surface area contributed by atoms with E-state index in [1.54, 1.807) is 0 Å². The Morgan fingerprint density at radius 2 is 2.14 bits per heavy atom. The van der Waals surface area contributed by atoms with E-state index < -0.39 is 11.7 Å². The third kappa shape index (κ3) is 3.73. The standard InChI is InChI=1S/C14H15F3N2O2S/c1-8(20)22-7-9-4-13(21)19(6-9)12-3-2-10(5-11(12)18)14(15,16)17/h2-3,5,9H,4,6-7,18H2,1H3. The monoisotopic (exact) mass is 332 g/mol. The molecule has 0 bridgehead atoms. The number of nitrogen functional groups attached to an aromatic ring is 1. The van der Waals surface area contributed by atoms with Gasteiger partial charge in [-0.1, -0.05) is 11.8 Å². The van der Waals surface area contributed by atoms with Crippen molar-refractivity contribution < 1.29 is 22.8 Å². The summed E-state index contributed by atoms with van der Waals surface area (Å²) in [6.45, 7) is 1.81. The molecule has 1 aliphatic rings. The maximum atomic E-state index is 12.6. The van der Waals surface area contributed by atoms with Gasteiger partial charge >= 0.3 is 6.18 Å². The summed E-state index contributed by atoms with van der Waals surface area (Å²) in [5.74, 6) is 0.307. The summed E-state index contributed by atoms with van der Waals surface area (Å²) in [5, 5.41) is -0.0278. The molecule has 1 aromatic rings. The van der Waals surface area contributed by atoms with E-state index in [0.29, 0.717) is 12.3 Å². The van der Waals surface area contributed by atoms with Gasteiger partial charge in [0.25, 0.3) is 0 Å². The number of nitrogens with zero attached hydrogens (tertiary/aromatic N) is 1. The molecule has 0 radical (unpaired) electrons. The third-order valence-electron chi connectivity index (χ3n) is 3.37. The Morgan fingerprint density at radius 3 is 2.68 bits per heavy atom. The third-order valence-corrected chi connectivity index (χ3v) is 4.42. The first-order valence-electron chi connectivity index (χ1n) is 6.59. The van der Waals surface area contributed by atoms with Gasteiger partial charge in [0, 0.05) is 25.6 Å². The van der Waals surface area contributed by atoms with Crippen LogP contribution in [0.2, 0.25) is 0 Å². The molecule has 1 amide bonds. The first kappa shape index (κ1) is 16.7. The topological polar surface area (TPSA) is 63.4 Å². The molecule has 1 saturated heterocycles. The molecule has 2 rings (SSSR count). The second kappa shape index (κ2) is 6.20. The van der Waals surface area contributed by atoms with Crippen LogP contribution in [0.25, 0.3) is 0 Å². The van der Waals surface area contributed by atoms with Gasteiger partial charge in [0.05, 0.1) is 16.9 Å². The number of thioether (sulfide) groups is 1. The molecule has 1 heterocycles. The van der Waals surface area contributed by atoms with Crippen molar-refractivity contribution in [2.45, 2.75) is 19.5 Å². The highest BCUT2D eigenvalue weighted by Gasteiger charge is 2.34. The number of alkyl halides is 3. The predicted octanol–water partition coefficient (Wildman–Crippen LogP) is 2.92. The number of nitrogens with two attached hydrogens (primary N) is 1. The van der Waals surface area contributed by atoms with Crippen molar-refractivity contribution in [1.29, 1.82) is 0 Å². The van der Waals surface area contributed by atoms with Gasteiger partial charge in [-0.15, -0.1) is 0 Å². The van der Waals surface area contributed by atoms with Crippen molar-refractivity contribution in [3.8, 4) is 0 Å². The van der Waals surface area contributed by atoms with E-state index in [0.717, 1.165) is 23.9 Å². The summed E-state index contributed by atoms with van der Waals surface area (Å²) in [5.41, 5.74) is 5.04. The first-order valence-corrected chi connectivity index (χ1v) is 7.57. The van der Waals surface area contributed by atoms with Crippen molar-refractivity contribution in [3.63, 3.8) is 0 Å². The zero-order valence-corrected chi connectivity index (χ0v) is 12.6. The Bertz CT molecular complexity index is 604. The van der Waals surface area contributed by atoms with Crippen LogP contribution in [0, 0.1) is 5.92 Å². The molecule has 2 N–H and O–H groups in total. The van der Waals surface area contributed by atoms with E-state index in [1.165, 1.54) is 17.9 Å². The number of carbonyl (C=O) groups is 2. The molecule has 0 saturated carbocycles. The van der Waals surface area contributed by atoms with Crippen molar-refractivity contribution in [2.24, 2.45) is 5.92 Å². The molecule has 1 atom stereocenters. The first-order chi connectivity index (χ1) is 10.2. The molecule has 22 heavy (non-hydrogen) atoms. The fraction of sp³-hybridized carbons (Fsp3) is 0.429. The van der Waals surface area contributed by atoms with Gasteiger partial charge in [0.15, 0.2) is 5.12 Å². The van der Waals surface area contributed by atoms with E-state index in [4.69, 9.17) is 5.73 Å². The smallest absolute Gasteiger partial charge is 0.397 e. The Kier molecular flexibility index (Phi) is 4.69. The highest BCUT2D eigenvalue weighted by molar-refractivity contribution is 8.13. The van der Waals surface area contributed by atoms with Crippen LogP contribution in [0.3, 0.4) is 0 Å². The molecule has 120 valence electrons. The summed E-state index contributed by atoms with van der Waals surface area (Å²) < 4.78 is 37.9. The summed E-state index contributed by atoms with van der Waals surface area (Å²) in [4.78, 5) is 24.4. The largest absolute Gasteiger partial charge is 0.416 e. The van der Waals surface area contributed by atoms with E-state index in [-0.39, 0.29) is 34.7 Å². The van der Waals surface area contributed by atoms with Gasteiger partial charge in [-0.25, -0.2) is 0 Å². The highest BCUT2D eigenvalue weighted by atomic mass is 32.2. The molecule has 1 aliphatic heterocycles. The lowest BCUT2D eigenvalue weighted by molar-refractivity contribution is -0.137. The molecule has 0 spiro atoms. The van der Waals surface area contributed by atoms with Crippen molar-refractivity contribution in [3.05, 3.63) is 23.8 Å². The lowest BCUT2D eigenvalue weighted by Crippen LogP contribution is -2.26. The molecular formula is C14H15F3N2O2S. The van der Waals surface area contributed by atoms with E-state index in [9.17, 15) is 22.8 Å². The molecule has 1 aromatic carbocycles. The molecule has 0 aliphatic carbocycles. The highest BCUT2D eigenvalue weighted by Crippen LogP contribution is 2.36. The van der Waals surface area contributed by atoms with Crippen LogP contribution in [0.4, 0.5) is 24.5 Å².